The smallest absolute Gasteiger partial charge is 0.365 e. The molecule has 186 valence electrons. The first-order chi connectivity index (χ1) is 13.4. The first-order valence-corrected chi connectivity index (χ1v) is 7.46. The lowest BCUT2D eigenvalue weighted by atomic mass is 9.93. The van der Waals surface area contributed by atoms with Crippen LogP contribution in [0.4, 0.5) is 74.6 Å². The zero-order valence-electron chi connectivity index (χ0n) is 14.0. The molecule has 1 saturated heterocycles. The van der Waals surface area contributed by atoms with Crippen molar-refractivity contribution in [1.82, 2.24) is 4.90 Å². The molecular formula is C12H8F17NO. The van der Waals surface area contributed by atoms with E-state index in [0.29, 0.717) is 0 Å². The Morgan fingerprint density at radius 1 is 0.645 bits per heavy atom. The lowest BCUT2D eigenvalue weighted by Crippen LogP contribution is -2.67. The van der Waals surface area contributed by atoms with E-state index in [1.165, 1.54) is 0 Å². The fourth-order valence-corrected chi connectivity index (χ4v) is 2.67. The standard InChI is InChI=1S/C12H8F17NO/c13-5(9(18,19)20)8(16,17)4-2-1-3(31-4)7(15,10(21,22)23)6(14)30(11(24,25)26)12(27,28)29/h3-6H,1-2H2. The zero-order valence-corrected chi connectivity index (χ0v) is 14.0. The van der Waals surface area contributed by atoms with Gasteiger partial charge in [0, 0.05) is 0 Å². The summed E-state index contributed by atoms with van der Waals surface area (Å²) in [6.07, 6.45) is -49.4. The van der Waals surface area contributed by atoms with Gasteiger partial charge >= 0.3 is 30.9 Å². The zero-order chi connectivity index (χ0) is 25.0. The van der Waals surface area contributed by atoms with Crippen molar-refractivity contribution in [2.75, 3.05) is 0 Å². The van der Waals surface area contributed by atoms with E-state index in [9.17, 15) is 74.6 Å². The van der Waals surface area contributed by atoms with Crippen molar-refractivity contribution in [1.29, 1.82) is 0 Å². The summed E-state index contributed by atoms with van der Waals surface area (Å²) in [4.78, 5) is -3.46. The largest absolute Gasteiger partial charge is 0.469 e. The molecule has 31 heavy (non-hydrogen) atoms. The molecule has 0 saturated carbocycles. The van der Waals surface area contributed by atoms with Gasteiger partial charge in [-0.25, -0.2) is 22.0 Å². The van der Waals surface area contributed by atoms with Gasteiger partial charge in [0.25, 0.3) is 11.8 Å². The number of nitrogens with zero attached hydrogens (tertiary/aromatic N) is 1. The molecule has 0 aliphatic carbocycles. The van der Waals surface area contributed by atoms with E-state index in [1.54, 1.807) is 0 Å². The van der Waals surface area contributed by atoms with Gasteiger partial charge < -0.3 is 4.74 Å². The molecule has 1 aliphatic heterocycles. The Labute approximate surface area is 159 Å². The third-order valence-corrected chi connectivity index (χ3v) is 4.10. The SMILES string of the molecule is FC(C(F)(F)F)C(F)(F)C1CCC(C(F)(C(F)N(C(F)(F)F)C(F)(F)F)C(F)(F)F)O1. The van der Waals surface area contributed by atoms with Crippen LogP contribution in [0.2, 0.25) is 0 Å². The molecule has 0 aromatic rings. The van der Waals surface area contributed by atoms with Crippen molar-refractivity contribution in [2.45, 2.75) is 74.1 Å². The van der Waals surface area contributed by atoms with Crippen LogP contribution in [0.5, 0.6) is 0 Å². The van der Waals surface area contributed by atoms with Crippen LogP contribution >= 0.6 is 0 Å². The predicted molar refractivity (Wildman–Crippen MR) is 62.5 cm³/mol. The van der Waals surface area contributed by atoms with Crippen LogP contribution in [0, 0.1) is 0 Å². The first kappa shape index (κ1) is 27.8. The minimum absolute atomic E-state index is 1.79. The molecule has 0 spiro atoms. The molecule has 1 rings (SSSR count). The highest BCUT2D eigenvalue weighted by atomic mass is 19.4. The van der Waals surface area contributed by atoms with E-state index < -0.39 is 79.0 Å². The quantitative estimate of drug-likeness (QED) is 0.337. The highest BCUT2D eigenvalue weighted by Gasteiger charge is 2.76. The lowest BCUT2D eigenvalue weighted by Gasteiger charge is -2.41. The predicted octanol–water partition coefficient (Wildman–Crippen LogP) is 5.98. The van der Waals surface area contributed by atoms with Crippen LogP contribution in [0.25, 0.3) is 0 Å². The summed E-state index contributed by atoms with van der Waals surface area (Å²) in [6.45, 7) is 0. The fraction of sp³-hybridized carbons (Fsp3) is 1.00. The Kier molecular flexibility index (Phi) is 7.12. The molecule has 0 amide bonds. The number of halogens is 17. The molecule has 0 N–H and O–H groups in total. The molecule has 0 bridgehead atoms. The van der Waals surface area contributed by atoms with E-state index in [0.717, 1.165) is 0 Å². The van der Waals surface area contributed by atoms with Gasteiger partial charge in [0.1, 0.15) is 12.2 Å². The molecule has 1 heterocycles. The molecule has 0 aromatic carbocycles. The fourth-order valence-electron chi connectivity index (χ4n) is 2.67. The molecule has 0 aromatic heterocycles. The second kappa shape index (κ2) is 7.95. The monoisotopic (exact) mass is 505 g/mol. The van der Waals surface area contributed by atoms with Gasteiger partial charge in [0.05, 0.1) is 0 Å². The summed E-state index contributed by atoms with van der Waals surface area (Å²) in [7, 11) is 0. The van der Waals surface area contributed by atoms with Gasteiger partial charge in [0.2, 0.25) is 6.30 Å². The molecule has 2 nitrogen and oxygen atoms in total. The molecule has 19 heteroatoms. The maximum absolute atomic E-state index is 14.5. The van der Waals surface area contributed by atoms with Crippen LogP contribution < -0.4 is 0 Å². The minimum Gasteiger partial charge on any atom is -0.365 e. The van der Waals surface area contributed by atoms with Gasteiger partial charge in [0.15, 0.2) is 0 Å². The molecular weight excluding hydrogens is 497 g/mol. The summed E-state index contributed by atoms with van der Waals surface area (Å²) < 4.78 is 222. The van der Waals surface area contributed by atoms with Crippen molar-refractivity contribution in [3.05, 3.63) is 0 Å². The van der Waals surface area contributed by atoms with Crippen molar-refractivity contribution in [3.8, 4) is 0 Å². The first-order valence-electron chi connectivity index (χ1n) is 7.46. The van der Waals surface area contributed by atoms with Crippen LogP contribution in [0.15, 0.2) is 0 Å². The highest BCUT2D eigenvalue weighted by molar-refractivity contribution is 5.06. The van der Waals surface area contributed by atoms with Gasteiger partial charge in [-0.15, -0.1) is 0 Å². The summed E-state index contributed by atoms with van der Waals surface area (Å²) in [5, 5.41) is 0. The summed E-state index contributed by atoms with van der Waals surface area (Å²) >= 11 is 0. The average molecular weight is 505 g/mol. The van der Waals surface area contributed by atoms with Gasteiger partial charge in [-0.2, -0.15) is 52.7 Å². The summed E-state index contributed by atoms with van der Waals surface area (Å²) in [6, 6.07) is 0. The normalized spacial score (nSPS) is 26.1. The Morgan fingerprint density at radius 3 is 1.35 bits per heavy atom. The third-order valence-electron chi connectivity index (χ3n) is 4.10. The molecule has 5 atom stereocenters. The Morgan fingerprint density at radius 2 is 1.03 bits per heavy atom. The van der Waals surface area contributed by atoms with Crippen LogP contribution in [0.1, 0.15) is 12.8 Å². The van der Waals surface area contributed by atoms with Crippen LogP contribution in [-0.4, -0.2) is 66.1 Å². The molecule has 1 fully saturated rings. The van der Waals surface area contributed by atoms with Crippen molar-refractivity contribution >= 4 is 0 Å². The van der Waals surface area contributed by atoms with E-state index in [4.69, 9.17) is 0 Å². The highest BCUT2D eigenvalue weighted by Crippen LogP contribution is 2.52. The van der Waals surface area contributed by atoms with Gasteiger partial charge in [-0.3, -0.25) is 0 Å². The number of ether oxygens (including phenoxy) is 1. The average Bonchev–Trinajstić information content (AvgIpc) is 2.99. The second-order valence-electron chi connectivity index (χ2n) is 6.18. The van der Waals surface area contributed by atoms with Crippen LogP contribution in [-0.2, 0) is 4.74 Å². The maximum atomic E-state index is 14.5. The van der Waals surface area contributed by atoms with Crippen molar-refractivity contribution < 1.29 is 79.4 Å². The van der Waals surface area contributed by atoms with E-state index in [1.807, 2.05) is 0 Å². The van der Waals surface area contributed by atoms with Crippen molar-refractivity contribution in [2.24, 2.45) is 0 Å². The number of rotatable bonds is 5. The van der Waals surface area contributed by atoms with E-state index in [-0.39, 0.29) is 0 Å². The molecule has 0 radical (unpaired) electrons. The summed E-state index contributed by atoms with van der Waals surface area (Å²) in [5.41, 5.74) is -6.31. The topological polar surface area (TPSA) is 12.5 Å². The Balaban J connectivity index is 3.39. The Bertz CT molecular complexity index is 607. The molecule has 5 unspecified atom stereocenters. The number of hydrogen-bond acceptors (Lipinski definition) is 2. The minimum atomic E-state index is -7.01. The molecule has 1 aliphatic rings. The lowest BCUT2D eigenvalue weighted by molar-refractivity contribution is -0.425. The van der Waals surface area contributed by atoms with Gasteiger partial charge in [-0.1, -0.05) is 4.90 Å². The summed E-state index contributed by atoms with van der Waals surface area (Å²) in [5.74, 6) is -5.74. The van der Waals surface area contributed by atoms with Gasteiger partial charge in [-0.05, 0) is 12.8 Å². The number of alkyl halides is 17. The maximum Gasteiger partial charge on any atom is 0.469 e. The van der Waals surface area contributed by atoms with E-state index in [2.05, 4.69) is 4.74 Å². The second-order valence-corrected chi connectivity index (χ2v) is 6.18. The Hall–Kier alpha value is -1.27. The number of hydrogen-bond donors (Lipinski definition) is 0. The van der Waals surface area contributed by atoms with E-state index >= 15 is 0 Å². The van der Waals surface area contributed by atoms with Crippen LogP contribution in [0.3, 0.4) is 0 Å². The third kappa shape index (κ3) is 5.22. The van der Waals surface area contributed by atoms with Crippen molar-refractivity contribution in [3.63, 3.8) is 0 Å².